The van der Waals surface area contributed by atoms with Crippen molar-refractivity contribution in [1.82, 2.24) is 19.7 Å². The molecule has 0 saturated carbocycles. The monoisotopic (exact) mass is 592 g/mol. The predicted octanol–water partition coefficient (Wildman–Crippen LogP) is 4.00. The summed E-state index contributed by atoms with van der Waals surface area (Å²) in [5, 5.41) is 15.5. The van der Waals surface area contributed by atoms with Crippen molar-refractivity contribution < 1.29 is 24.1 Å². The highest BCUT2D eigenvalue weighted by Gasteiger charge is 2.45. The number of ether oxygens (including phenoxy) is 3. The van der Waals surface area contributed by atoms with E-state index in [1.54, 1.807) is 29.2 Å². The second-order valence-corrected chi connectivity index (χ2v) is 10.7. The van der Waals surface area contributed by atoms with Crippen molar-refractivity contribution in [3.8, 4) is 5.75 Å². The number of halogens is 2. The van der Waals surface area contributed by atoms with E-state index in [2.05, 4.69) is 28.8 Å². The van der Waals surface area contributed by atoms with Crippen LogP contribution in [0.15, 0.2) is 55.1 Å². The maximum Gasteiger partial charge on any atom is 0.296 e. The maximum absolute atomic E-state index is 11.1. The molecule has 3 heterocycles. The molecular formula is C26H30Cl2N6O6. The minimum atomic E-state index is -1.20. The Bertz CT molecular complexity index is 1300. The van der Waals surface area contributed by atoms with Crippen molar-refractivity contribution in [3.05, 3.63) is 80.8 Å². The Morgan fingerprint density at radius 2 is 2.00 bits per heavy atom. The maximum atomic E-state index is 11.1. The van der Waals surface area contributed by atoms with E-state index in [1.807, 2.05) is 29.2 Å². The van der Waals surface area contributed by atoms with E-state index in [9.17, 15) is 10.1 Å². The van der Waals surface area contributed by atoms with Crippen LogP contribution < -0.4 is 9.64 Å². The molecule has 2 aromatic carbocycles. The summed E-state index contributed by atoms with van der Waals surface area (Å²) in [7, 11) is 0. The van der Waals surface area contributed by atoms with E-state index in [4.69, 9.17) is 42.3 Å². The summed E-state index contributed by atoms with van der Waals surface area (Å²) < 4.78 is 20.2. The third-order valence-corrected chi connectivity index (χ3v) is 7.49. The molecule has 1 aromatic heterocycles. The summed E-state index contributed by atoms with van der Waals surface area (Å²) in [4.78, 5) is 24.2. The summed E-state index contributed by atoms with van der Waals surface area (Å²) >= 11 is 12.6. The van der Waals surface area contributed by atoms with Crippen molar-refractivity contribution in [3.63, 3.8) is 0 Å². The van der Waals surface area contributed by atoms with Gasteiger partial charge in [-0.3, -0.25) is 9.74 Å². The number of hydrogen-bond acceptors (Lipinski definition) is 10. The lowest BCUT2D eigenvalue weighted by Gasteiger charge is -2.42. The van der Waals surface area contributed by atoms with Crippen LogP contribution in [-0.4, -0.2) is 76.0 Å². The van der Waals surface area contributed by atoms with Gasteiger partial charge in [-0.15, -0.1) is 10.1 Å². The van der Waals surface area contributed by atoms with E-state index in [0.29, 0.717) is 34.4 Å². The van der Waals surface area contributed by atoms with E-state index in [-0.39, 0.29) is 25.8 Å². The van der Waals surface area contributed by atoms with Crippen LogP contribution >= 0.6 is 23.2 Å². The minimum absolute atomic E-state index is 0.226. The van der Waals surface area contributed by atoms with Gasteiger partial charge in [0.2, 0.25) is 5.79 Å². The highest BCUT2D eigenvalue weighted by molar-refractivity contribution is 6.35. The molecule has 14 heteroatoms. The number of rotatable bonds is 10. The summed E-state index contributed by atoms with van der Waals surface area (Å²) in [5.74, 6) is -0.574. The molecule has 0 amide bonds. The molecule has 2 aliphatic rings. The molecule has 2 saturated heterocycles. The van der Waals surface area contributed by atoms with E-state index >= 15 is 0 Å². The van der Waals surface area contributed by atoms with Crippen LogP contribution in [-0.2, 0) is 26.6 Å². The third kappa shape index (κ3) is 6.42. The molecule has 2 aliphatic heterocycles. The topological polar surface area (TPSA) is 117 Å². The fourth-order valence-corrected chi connectivity index (χ4v) is 5.48. The summed E-state index contributed by atoms with van der Waals surface area (Å²) in [6.07, 6.45) is 1.93. The lowest BCUT2D eigenvalue weighted by molar-refractivity contribution is -0.768. The van der Waals surface area contributed by atoms with Crippen molar-refractivity contribution in [2.45, 2.75) is 44.6 Å². The fourth-order valence-electron chi connectivity index (χ4n) is 4.93. The van der Waals surface area contributed by atoms with Crippen LogP contribution in [0.3, 0.4) is 0 Å². The molecule has 3 atom stereocenters. The molecule has 1 unspecified atom stereocenters. The molecule has 0 aliphatic carbocycles. The Morgan fingerprint density at radius 3 is 2.67 bits per heavy atom. The van der Waals surface area contributed by atoms with Crippen LogP contribution in [0.5, 0.6) is 5.75 Å². The first kappa shape index (κ1) is 28.4. The van der Waals surface area contributed by atoms with Gasteiger partial charge >= 0.3 is 0 Å². The molecule has 3 aromatic rings. The lowest BCUT2D eigenvalue weighted by Crippen LogP contribution is -2.56. The number of piperazine rings is 1. The summed E-state index contributed by atoms with van der Waals surface area (Å²) in [6, 6.07) is 12.8. The molecule has 214 valence electrons. The van der Waals surface area contributed by atoms with Crippen molar-refractivity contribution in [2.75, 3.05) is 37.7 Å². The van der Waals surface area contributed by atoms with Crippen LogP contribution in [0.25, 0.3) is 0 Å². The Kier molecular flexibility index (Phi) is 8.62. The Hall–Kier alpha value is -3.16. The van der Waals surface area contributed by atoms with E-state index in [0.717, 1.165) is 12.2 Å². The number of nitrogens with zero attached hydrogens (tertiary/aromatic N) is 6. The van der Waals surface area contributed by atoms with E-state index < -0.39 is 23.2 Å². The van der Waals surface area contributed by atoms with Gasteiger partial charge in [-0.1, -0.05) is 29.3 Å². The van der Waals surface area contributed by atoms with Gasteiger partial charge in [0.15, 0.2) is 6.23 Å². The normalized spacial score (nSPS) is 23.5. The van der Waals surface area contributed by atoms with Gasteiger partial charge < -0.3 is 19.1 Å². The van der Waals surface area contributed by atoms with Crippen LogP contribution in [0, 0.1) is 10.1 Å². The van der Waals surface area contributed by atoms with Crippen molar-refractivity contribution in [1.29, 1.82) is 0 Å². The number of anilines is 1. The highest BCUT2D eigenvalue weighted by Crippen LogP contribution is 2.40. The van der Waals surface area contributed by atoms with Gasteiger partial charge in [-0.05, 0) is 50.2 Å². The first-order valence-corrected chi connectivity index (χ1v) is 13.6. The summed E-state index contributed by atoms with van der Waals surface area (Å²) in [6.45, 7) is 6.67. The molecule has 0 spiro atoms. The molecule has 2 fully saturated rings. The SMILES string of the molecule is CC(C)N1CCN(c2ccc(OC[C@@H]3CO[C@@](Cn4cncn4)(c4ccc(Cl)cc4Cl)O3)cc2)C(O[N+](=O)[O-])C1. The number of benzene rings is 2. The van der Waals surface area contributed by atoms with Gasteiger partial charge in [0, 0.05) is 41.9 Å². The van der Waals surface area contributed by atoms with Gasteiger partial charge in [-0.25, -0.2) is 9.67 Å². The zero-order valence-corrected chi connectivity index (χ0v) is 23.6. The van der Waals surface area contributed by atoms with Crippen molar-refractivity contribution in [2.24, 2.45) is 0 Å². The second kappa shape index (κ2) is 12.1. The second-order valence-electron chi connectivity index (χ2n) is 9.89. The average molecular weight is 593 g/mol. The molecular weight excluding hydrogens is 563 g/mol. The summed E-state index contributed by atoms with van der Waals surface area (Å²) in [5.41, 5.74) is 1.44. The molecule has 0 N–H and O–H groups in total. The van der Waals surface area contributed by atoms with Crippen LogP contribution in [0.4, 0.5) is 5.69 Å². The number of aromatic nitrogens is 3. The van der Waals surface area contributed by atoms with Crippen LogP contribution in [0.1, 0.15) is 19.4 Å². The standard InChI is InChI=1S/C26H30Cl2N6O6/c1-18(2)31-9-10-33(25(12-31)40-34(35)36)20-4-6-21(7-5-20)37-13-22-14-38-26(39-22,15-32-17-29-16-30-32)23-8-3-19(27)11-24(23)28/h3-8,11,16-18,22,25H,9-10,12-15H2,1-2H3/t22-,25?,26-/m1/s1. The largest absolute Gasteiger partial charge is 0.491 e. The Balaban J connectivity index is 1.24. The fraction of sp³-hybridized carbons (Fsp3) is 0.462. The average Bonchev–Trinajstić information content (AvgIpc) is 3.58. The first-order valence-electron chi connectivity index (χ1n) is 12.9. The zero-order valence-electron chi connectivity index (χ0n) is 22.1. The minimum Gasteiger partial charge on any atom is -0.491 e. The van der Waals surface area contributed by atoms with Gasteiger partial charge in [-0.2, -0.15) is 5.10 Å². The van der Waals surface area contributed by atoms with E-state index in [1.165, 1.54) is 6.33 Å². The highest BCUT2D eigenvalue weighted by atomic mass is 35.5. The smallest absolute Gasteiger partial charge is 0.296 e. The molecule has 0 radical (unpaired) electrons. The molecule has 12 nitrogen and oxygen atoms in total. The zero-order chi connectivity index (χ0) is 28.3. The lowest BCUT2D eigenvalue weighted by atomic mass is 10.1. The Labute approximate surface area is 241 Å². The van der Waals surface area contributed by atoms with Crippen molar-refractivity contribution >= 4 is 28.9 Å². The van der Waals surface area contributed by atoms with Gasteiger partial charge in [0.05, 0.1) is 11.6 Å². The molecule has 5 rings (SSSR count). The molecule has 0 bridgehead atoms. The first-order chi connectivity index (χ1) is 19.2. The van der Waals surface area contributed by atoms with Crippen LogP contribution in [0.2, 0.25) is 10.0 Å². The van der Waals surface area contributed by atoms with Gasteiger partial charge in [0.1, 0.15) is 37.7 Å². The number of hydrogen-bond donors (Lipinski definition) is 0. The third-order valence-electron chi connectivity index (χ3n) is 6.95. The Morgan fingerprint density at radius 1 is 1.20 bits per heavy atom. The van der Waals surface area contributed by atoms with Gasteiger partial charge in [0.25, 0.3) is 5.09 Å². The predicted molar refractivity (Wildman–Crippen MR) is 147 cm³/mol. The molecule has 40 heavy (non-hydrogen) atoms. The quantitative estimate of drug-likeness (QED) is 0.252.